The average Bonchev–Trinajstić information content (AvgIpc) is 2.51. The Labute approximate surface area is 139 Å². The zero-order chi connectivity index (χ0) is 16.8. The van der Waals surface area contributed by atoms with Gasteiger partial charge in [-0.05, 0) is 51.2 Å². The number of aliphatic hydroxyl groups is 1. The Morgan fingerprint density at radius 2 is 2.13 bits per heavy atom. The number of aryl methyl sites for hydroxylation is 1. The van der Waals surface area contributed by atoms with E-state index in [0.29, 0.717) is 12.6 Å². The van der Waals surface area contributed by atoms with Gasteiger partial charge in [-0.3, -0.25) is 9.69 Å². The third kappa shape index (κ3) is 5.05. The third-order valence-electron chi connectivity index (χ3n) is 4.93. The van der Waals surface area contributed by atoms with Gasteiger partial charge < -0.3 is 10.4 Å². The van der Waals surface area contributed by atoms with Gasteiger partial charge in [-0.1, -0.05) is 30.7 Å². The quantitative estimate of drug-likeness (QED) is 0.846. The lowest BCUT2D eigenvalue weighted by atomic mass is 9.97. The molecule has 3 atom stereocenters. The summed E-state index contributed by atoms with van der Waals surface area (Å²) in [6, 6.07) is 8.88. The first kappa shape index (κ1) is 18.0. The first-order chi connectivity index (χ1) is 11.0. The number of rotatable bonds is 6. The van der Waals surface area contributed by atoms with Crippen LogP contribution in [0.15, 0.2) is 24.3 Å². The summed E-state index contributed by atoms with van der Waals surface area (Å²) in [7, 11) is 0. The molecule has 2 rings (SSSR count). The van der Waals surface area contributed by atoms with E-state index in [1.54, 1.807) is 0 Å². The van der Waals surface area contributed by atoms with Crippen molar-refractivity contribution in [1.29, 1.82) is 0 Å². The van der Waals surface area contributed by atoms with Gasteiger partial charge in [0.15, 0.2) is 0 Å². The van der Waals surface area contributed by atoms with E-state index in [1.165, 1.54) is 11.1 Å². The van der Waals surface area contributed by atoms with Crippen LogP contribution in [0.5, 0.6) is 0 Å². The lowest BCUT2D eigenvalue weighted by molar-refractivity contribution is -0.124. The van der Waals surface area contributed by atoms with E-state index in [0.717, 1.165) is 25.7 Å². The van der Waals surface area contributed by atoms with Crippen LogP contribution >= 0.6 is 0 Å². The van der Waals surface area contributed by atoms with Crippen LogP contribution < -0.4 is 5.32 Å². The van der Waals surface area contributed by atoms with Gasteiger partial charge in [0, 0.05) is 18.1 Å². The monoisotopic (exact) mass is 318 g/mol. The number of aliphatic hydroxyl groups excluding tert-OH is 1. The first-order valence-electron chi connectivity index (χ1n) is 8.71. The number of piperidine rings is 1. The second kappa shape index (κ2) is 8.46. The molecule has 1 fully saturated rings. The molecule has 128 valence electrons. The highest BCUT2D eigenvalue weighted by molar-refractivity contribution is 5.78. The van der Waals surface area contributed by atoms with E-state index in [9.17, 15) is 9.90 Å². The van der Waals surface area contributed by atoms with E-state index in [1.807, 2.05) is 19.1 Å². The molecule has 3 unspecified atom stereocenters. The SMILES string of the molecule is Cc1ccccc1CC(C)NC(=O)CN1C(C)CCCC1CO. The van der Waals surface area contributed by atoms with Crippen molar-refractivity contribution >= 4 is 5.91 Å². The van der Waals surface area contributed by atoms with Crippen molar-refractivity contribution in [2.75, 3.05) is 13.2 Å². The number of hydrogen-bond donors (Lipinski definition) is 2. The molecular weight excluding hydrogens is 288 g/mol. The van der Waals surface area contributed by atoms with E-state index >= 15 is 0 Å². The van der Waals surface area contributed by atoms with E-state index < -0.39 is 0 Å². The van der Waals surface area contributed by atoms with Crippen LogP contribution in [0.25, 0.3) is 0 Å². The lowest BCUT2D eigenvalue weighted by Gasteiger charge is -2.39. The fourth-order valence-electron chi connectivity index (χ4n) is 3.53. The predicted molar refractivity (Wildman–Crippen MR) is 93.4 cm³/mol. The molecule has 1 amide bonds. The van der Waals surface area contributed by atoms with Crippen LogP contribution in [0, 0.1) is 6.92 Å². The fraction of sp³-hybridized carbons (Fsp3) is 0.632. The molecule has 1 aliphatic heterocycles. The normalized spacial score (nSPS) is 23.5. The highest BCUT2D eigenvalue weighted by atomic mass is 16.3. The molecule has 0 spiro atoms. The van der Waals surface area contributed by atoms with Crippen molar-refractivity contribution in [3.8, 4) is 0 Å². The topological polar surface area (TPSA) is 52.6 Å². The Kier molecular flexibility index (Phi) is 6.60. The van der Waals surface area contributed by atoms with Crippen LogP contribution in [0.2, 0.25) is 0 Å². The zero-order valence-electron chi connectivity index (χ0n) is 14.6. The number of hydrogen-bond acceptors (Lipinski definition) is 3. The molecule has 0 radical (unpaired) electrons. The Morgan fingerprint density at radius 3 is 2.83 bits per heavy atom. The summed E-state index contributed by atoms with van der Waals surface area (Å²) < 4.78 is 0. The van der Waals surface area contributed by atoms with Gasteiger partial charge in [0.2, 0.25) is 5.91 Å². The van der Waals surface area contributed by atoms with E-state index in [2.05, 4.69) is 36.2 Å². The van der Waals surface area contributed by atoms with E-state index in [-0.39, 0.29) is 24.6 Å². The number of nitrogens with one attached hydrogen (secondary N) is 1. The molecule has 0 saturated carbocycles. The van der Waals surface area contributed by atoms with Gasteiger partial charge in [-0.2, -0.15) is 0 Å². The maximum Gasteiger partial charge on any atom is 0.234 e. The molecule has 0 aliphatic carbocycles. The van der Waals surface area contributed by atoms with Crippen molar-refractivity contribution < 1.29 is 9.90 Å². The molecule has 23 heavy (non-hydrogen) atoms. The Morgan fingerprint density at radius 1 is 1.39 bits per heavy atom. The molecule has 1 aliphatic rings. The Hall–Kier alpha value is -1.39. The summed E-state index contributed by atoms with van der Waals surface area (Å²) in [5.74, 6) is 0.0540. The average molecular weight is 318 g/mol. The van der Waals surface area contributed by atoms with Gasteiger partial charge in [0.25, 0.3) is 0 Å². The summed E-state index contributed by atoms with van der Waals surface area (Å²) in [6.45, 7) is 6.81. The smallest absolute Gasteiger partial charge is 0.234 e. The highest BCUT2D eigenvalue weighted by Gasteiger charge is 2.29. The number of amides is 1. The van der Waals surface area contributed by atoms with Crippen molar-refractivity contribution in [2.24, 2.45) is 0 Å². The number of likely N-dealkylation sites (tertiary alicyclic amines) is 1. The molecule has 2 N–H and O–H groups in total. The summed E-state index contributed by atoms with van der Waals surface area (Å²) >= 11 is 0. The second-order valence-electron chi connectivity index (χ2n) is 6.89. The van der Waals surface area contributed by atoms with Crippen LogP contribution in [-0.4, -0.2) is 47.2 Å². The standard InChI is InChI=1S/C19H30N2O2/c1-14-7-4-5-9-17(14)11-15(2)20-19(23)12-21-16(3)8-6-10-18(21)13-22/h4-5,7,9,15-16,18,22H,6,8,10-13H2,1-3H3,(H,20,23). The number of benzene rings is 1. The van der Waals surface area contributed by atoms with Gasteiger partial charge >= 0.3 is 0 Å². The maximum atomic E-state index is 12.4. The maximum absolute atomic E-state index is 12.4. The molecular formula is C19H30N2O2. The summed E-state index contributed by atoms with van der Waals surface area (Å²) in [6.07, 6.45) is 4.06. The van der Waals surface area contributed by atoms with Crippen LogP contribution in [0.3, 0.4) is 0 Å². The summed E-state index contributed by atoms with van der Waals surface area (Å²) in [4.78, 5) is 14.5. The number of carbonyl (C=O) groups excluding carboxylic acids is 1. The largest absolute Gasteiger partial charge is 0.395 e. The molecule has 4 heteroatoms. The zero-order valence-corrected chi connectivity index (χ0v) is 14.6. The Balaban J connectivity index is 1.87. The van der Waals surface area contributed by atoms with Crippen molar-refractivity contribution in [3.05, 3.63) is 35.4 Å². The lowest BCUT2D eigenvalue weighted by Crippen LogP contribution is -2.52. The van der Waals surface area contributed by atoms with Crippen molar-refractivity contribution in [3.63, 3.8) is 0 Å². The van der Waals surface area contributed by atoms with Crippen molar-refractivity contribution in [2.45, 2.75) is 64.6 Å². The molecule has 4 nitrogen and oxygen atoms in total. The predicted octanol–water partition coefficient (Wildman–Crippen LogP) is 2.28. The van der Waals surface area contributed by atoms with Crippen LogP contribution in [0.1, 0.15) is 44.2 Å². The van der Waals surface area contributed by atoms with E-state index in [4.69, 9.17) is 0 Å². The number of carbonyl (C=O) groups is 1. The molecule has 1 heterocycles. The van der Waals surface area contributed by atoms with Crippen LogP contribution in [0.4, 0.5) is 0 Å². The summed E-state index contributed by atoms with van der Waals surface area (Å²) in [5, 5.41) is 12.6. The Bertz CT molecular complexity index is 518. The minimum absolute atomic E-state index is 0.0540. The second-order valence-corrected chi connectivity index (χ2v) is 6.89. The third-order valence-corrected chi connectivity index (χ3v) is 4.93. The number of nitrogens with zero attached hydrogens (tertiary/aromatic N) is 1. The summed E-state index contributed by atoms with van der Waals surface area (Å²) in [5.41, 5.74) is 2.54. The van der Waals surface area contributed by atoms with Gasteiger partial charge in [0.1, 0.15) is 0 Å². The molecule has 1 aromatic rings. The molecule has 1 saturated heterocycles. The molecule has 1 aromatic carbocycles. The molecule has 0 bridgehead atoms. The first-order valence-corrected chi connectivity index (χ1v) is 8.71. The minimum Gasteiger partial charge on any atom is -0.395 e. The minimum atomic E-state index is 0.0540. The van der Waals surface area contributed by atoms with Gasteiger partial charge in [0.05, 0.1) is 13.2 Å². The molecule has 0 aromatic heterocycles. The van der Waals surface area contributed by atoms with Gasteiger partial charge in [-0.15, -0.1) is 0 Å². The fourth-order valence-corrected chi connectivity index (χ4v) is 3.53. The highest BCUT2D eigenvalue weighted by Crippen LogP contribution is 2.22. The van der Waals surface area contributed by atoms with Crippen LogP contribution in [-0.2, 0) is 11.2 Å². The van der Waals surface area contributed by atoms with Crippen molar-refractivity contribution in [1.82, 2.24) is 10.2 Å². The van der Waals surface area contributed by atoms with Gasteiger partial charge in [-0.25, -0.2) is 0 Å².